The van der Waals surface area contributed by atoms with E-state index in [1.54, 1.807) is 6.92 Å². The van der Waals surface area contributed by atoms with Crippen molar-refractivity contribution < 1.29 is 22.4 Å². The van der Waals surface area contributed by atoms with E-state index in [2.05, 4.69) is 5.32 Å². The summed E-state index contributed by atoms with van der Waals surface area (Å²) in [5.41, 5.74) is -1.29. The first-order valence-corrected chi connectivity index (χ1v) is 13.5. The molecular formula is C23H37FN4O4S. The maximum absolute atomic E-state index is 13.6. The van der Waals surface area contributed by atoms with Crippen molar-refractivity contribution in [2.75, 3.05) is 31.9 Å². The Morgan fingerprint density at radius 3 is 2.45 bits per heavy atom. The zero-order valence-electron chi connectivity index (χ0n) is 20.1. The van der Waals surface area contributed by atoms with Gasteiger partial charge in [-0.25, -0.2) is 17.1 Å². The van der Waals surface area contributed by atoms with E-state index in [9.17, 15) is 22.4 Å². The minimum absolute atomic E-state index is 0.00147. The average Bonchev–Trinajstić information content (AvgIpc) is 3.22. The number of alkyl halides is 1. The van der Waals surface area contributed by atoms with Gasteiger partial charge in [0.05, 0.1) is 24.9 Å². The minimum Gasteiger partial charge on any atom is -0.323 e. The van der Waals surface area contributed by atoms with Crippen molar-refractivity contribution in [2.24, 2.45) is 16.7 Å². The molecule has 2 heterocycles. The van der Waals surface area contributed by atoms with Crippen LogP contribution in [-0.4, -0.2) is 79.5 Å². The van der Waals surface area contributed by atoms with Crippen molar-refractivity contribution in [1.29, 1.82) is 5.26 Å². The summed E-state index contributed by atoms with van der Waals surface area (Å²) in [4.78, 5) is 26.5. The van der Waals surface area contributed by atoms with E-state index in [4.69, 9.17) is 5.26 Å². The van der Waals surface area contributed by atoms with Gasteiger partial charge < -0.3 is 10.2 Å². The fourth-order valence-electron chi connectivity index (χ4n) is 5.75. The van der Waals surface area contributed by atoms with Crippen LogP contribution in [0.2, 0.25) is 0 Å². The van der Waals surface area contributed by atoms with Gasteiger partial charge in [0.15, 0.2) is 0 Å². The molecule has 8 nitrogen and oxygen atoms in total. The van der Waals surface area contributed by atoms with E-state index < -0.39 is 27.7 Å². The SMILES string of the molecule is CC[C@H]1CC(=O)[C@@](C)(CS(=O)(=O)N2CCC(NCC(=O)N3C[C@H](F)C[C@@H]3C#N)CC2)C1(C)C. The van der Waals surface area contributed by atoms with E-state index in [0.717, 1.165) is 6.42 Å². The van der Waals surface area contributed by atoms with Crippen molar-refractivity contribution in [2.45, 2.75) is 78.1 Å². The normalized spacial score (nSPS) is 33.4. The molecule has 1 N–H and O–H groups in total. The second-order valence-corrected chi connectivity index (χ2v) is 12.6. The van der Waals surface area contributed by atoms with Crippen molar-refractivity contribution in [1.82, 2.24) is 14.5 Å². The quantitative estimate of drug-likeness (QED) is 0.591. The summed E-state index contributed by atoms with van der Waals surface area (Å²) in [6.45, 7) is 8.47. The Balaban J connectivity index is 1.53. The van der Waals surface area contributed by atoms with Gasteiger partial charge in [-0.2, -0.15) is 5.26 Å². The molecule has 3 rings (SSSR count). The Kier molecular flexibility index (Phi) is 7.57. The maximum Gasteiger partial charge on any atom is 0.237 e. The van der Waals surface area contributed by atoms with Crippen LogP contribution in [0, 0.1) is 28.1 Å². The molecule has 0 aromatic rings. The topological polar surface area (TPSA) is 111 Å². The van der Waals surface area contributed by atoms with E-state index in [0.29, 0.717) is 32.4 Å². The van der Waals surface area contributed by atoms with Crippen LogP contribution >= 0.6 is 0 Å². The summed E-state index contributed by atoms with van der Waals surface area (Å²) < 4.78 is 41.5. The number of nitrogens with zero attached hydrogens (tertiary/aromatic N) is 3. The number of halogens is 1. The molecule has 33 heavy (non-hydrogen) atoms. The average molecular weight is 485 g/mol. The lowest BCUT2D eigenvalue weighted by Gasteiger charge is -2.41. The minimum atomic E-state index is -3.61. The number of amides is 1. The molecule has 2 saturated heterocycles. The Morgan fingerprint density at radius 1 is 1.27 bits per heavy atom. The number of ketones is 1. The zero-order chi connectivity index (χ0) is 24.6. The first kappa shape index (κ1) is 26.0. The fourth-order valence-corrected chi connectivity index (χ4v) is 7.96. The summed E-state index contributed by atoms with van der Waals surface area (Å²) in [5, 5.41) is 12.3. The van der Waals surface area contributed by atoms with Crippen molar-refractivity contribution in [3.8, 4) is 6.07 Å². The number of piperidine rings is 1. The molecule has 1 aliphatic carbocycles. The van der Waals surface area contributed by atoms with Crippen LogP contribution in [0.5, 0.6) is 0 Å². The standard InChI is InChI=1S/C23H37FN4O4S/c1-5-16-10-20(29)23(4,22(16,2)3)15-33(31,32)27-8-6-18(7-9-27)26-13-21(30)28-14-17(24)11-19(28)12-25/h16-19,26H,5-11,13-15H2,1-4H3/t16-,17+,19+,23+/m0/s1. The molecule has 2 aliphatic heterocycles. The first-order valence-electron chi connectivity index (χ1n) is 11.9. The molecule has 4 atom stereocenters. The maximum atomic E-state index is 13.6. The molecule has 10 heteroatoms. The molecule has 186 valence electrons. The highest BCUT2D eigenvalue weighted by molar-refractivity contribution is 7.89. The van der Waals surface area contributed by atoms with Crippen LogP contribution in [0.3, 0.4) is 0 Å². The number of carbonyl (C=O) groups is 2. The number of carbonyl (C=O) groups excluding carboxylic acids is 2. The Morgan fingerprint density at radius 2 is 1.91 bits per heavy atom. The molecule has 0 aromatic heterocycles. The van der Waals surface area contributed by atoms with Gasteiger partial charge in [0.2, 0.25) is 15.9 Å². The van der Waals surface area contributed by atoms with Crippen LogP contribution in [0.1, 0.15) is 59.8 Å². The predicted octanol–water partition coefficient (Wildman–Crippen LogP) is 1.86. The summed E-state index contributed by atoms with van der Waals surface area (Å²) >= 11 is 0. The first-order chi connectivity index (χ1) is 15.4. The zero-order valence-corrected chi connectivity index (χ0v) is 21.0. The lowest BCUT2D eigenvalue weighted by atomic mass is 9.66. The monoisotopic (exact) mass is 484 g/mol. The largest absolute Gasteiger partial charge is 0.323 e. The van der Waals surface area contributed by atoms with Crippen LogP contribution in [0.25, 0.3) is 0 Å². The number of hydrogen-bond donors (Lipinski definition) is 1. The van der Waals surface area contributed by atoms with Gasteiger partial charge in [0.1, 0.15) is 18.0 Å². The number of Topliss-reactive ketones (excluding diaryl/α,β-unsaturated/α-hetero) is 1. The van der Waals surface area contributed by atoms with Gasteiger partial charge in [0, 0.05) is 37.4 Å². The summed E-state index contributed by atoms with van der Waals surface area (Å²) in [6, 6.07) is 1.22. The lowest BCUT2D eigenvalue weighted by molar-refractivity contribution is -0.130. The van der Waals surface area contributed by atoms with Crippen LogP contribution < -0.4 is 5.32 Å². The molecular weight excluding hydrogens is 447 g/mol. The molecule has 1 saturated carbocycles. The number of hydrogen-bond acceptors (Lipinski definition) is 6. The van der Waals surface area contributed by atoms with Crippen LogP contribution in [0.15, 0.2) is 0 Å². The summed E-state index contributed by atoms with van der Waals surface area (Å²) in [5.74, 6) is -0.266. The van der Waals surface area contributed by atoms with Gasteiger partial charge in [-0.15, -0.1) is 0 Å². The Labute approximate surface area is 196 Å². The number of nitriles is 1. The number of sulfonamides is 1. The van der Waals surface area contributed by atoms with Gasteiger partial charge in [-0.05, 0) is 24.2 Å². The number of likely N-dealkylation sites (tertiary alicyclic amines) is 1. The smallest absolute Gasteiger partial charge is 0.237 e. The second kappa shape index (κ2) is 9.59. The van der Waals surface area contributed by atoms with Crippen LogP contribution in [0.4, 0.5) is 4.39 Å². The van der Waals surface area contributed by atoms with Crippen molar-refractivity contribution in [3.05, 3.63) is 0 Å². The molecule has 3 aliphatic rings. The second-order valence-electron chi connectivity index (χ2n) is 10.6. The van der Waals surface area contributed by atoms with E-state index in [-0.39, 0.29) is 54.3 Å². The third kappa shape index (κ3) is 4.96. The molecule has 0 spiro atoms. The highest BCUT2D eigenvalue weighted by Gasteiger charge is 2.58. The van der Waals surface area contributed by atoms with E-state index in [1.165, 1.54) is 9.21 Å². The third-order valence-corrected chi connectivity index (χ3v) is 10.7. The fraction of sp³-hybridized carbons (Fsp3) is 0.870. The number of rotatable bonds is 7. The summed E-state index contributed by atoms with van der Waals surface area (Å²) in [7, 11) is -3.61. The highest BCUT2D eigenvalue weighted by Crippen LogP contribution is 2.55. The molecule has 0 bridgehead atoms. The van der Waals surface area contributed by atoms with Gasteiger partial charge in [-0.3, -0.25) is 9.59 Å². The Hall–Kier alpha value is -1.57. The molecule has 1 amide bonds. The van der Waals surface area contributed by atoms with Crippen molar-refractivity contribution in [3.63, 3.8) is 0 Å². The highest BCUT2D eigenvalue weighted by atomic mass is 32.2. The molecule has 0 unspecified atom stereocenters. The van der Waals surface area contributed by atoms with Crippen LogP contribution in [-0.2, 0) is 19.6 Å². The van der Waals surface area contributed by atoms with Gasteiger partial charge in [-0.1, -0.05) is 34.1 Å². The molecule has 3 fully saturated rings. The van der Waals surface area contributed by atoms with E-state index in [1.807, 2.05) is 26.8 Å². The predicted molar refractivity (Wildman–Crippen MR) is 122 cm³/mol. The Bertz CT molecular complexity index is 910. The van der Waals surface area contributed by atoms with E-state index >= 15 is 0 Å². The van der Waals surface area contributed by atoms with Crippen molar-refractivity contribution >= 4 is 21.7 Å². The van der Waals surface area contributed by atoms with Gasteiger partial charge in [0.25, 0.3) is 0 Å². The van der Waals surface area contributed by atoms with Gasteiger partial charge >= 0.3 is 0 Å². The molecule has 0 aromatic carbocycles. The third-order valence-electron chi connectivity index (χ3n) is 8.56. The summed E-state index contributed by atoms with van der Waals surface area (Å²) in [6.07, 6.45) is 1.26. The molecule has 0 radical (unpaired) electrons. The number of nitrogens with one attached hydrogen (secondary N) is 1. The lowest BCUT2D eigenvalue weighted by Crippen LogP contribution is -2.51.